The van der Waals surface area contributed by atoms with Crippen LogP contribution in [0, 0.1) is 0 Å². The molecule has 104 valence electrons. The van der Waals surface area contributed by atoms with Crippen LogP contribution in [0.5, 0.6) is 0 Å². The lowest BCUT2D eigenvalue weighted by molar-refractivity contribution is -0.141. The van der Waals surface area contributed by atoms with Gasteiger partial charge in [-0.1, -0.05) is 30.3 Å². The van der Waals surface area contributed by atoms with Crippen LogP contribution in [-0.2, 0) is 19.1 Å². The third-order valence-electron chi connectivity index (χ3n) is 2.75. The molecule has 0 aliphatic heterocycles. The highest BCUT2D eigenvalue weighted by Crippen LogP contribution is 2.16. The third-order valence-corrected chi connectivity index (χ3v) is 2.75. The average Bonchev–Trinajstić information content (AvgIpc) is 2.46. The molecule has 0 saturated heterocycles. The molecule has 5 nitrogen and oxygen atoms in total. The summed E-state index contributed by atoms with van der Waals surface area (Å²) < 4.78 is 9.25. The van der Waals surface area contributed by atoms with E-state index in [2.05, 4.69) is 14.8 Å². The van der Waals surface area contributed by atoms with Gasteiger partial charge in [0.15, 0.2) is 0 Å². The molecule has 0 heterocycles. The number of ether oxygens (including phenoxy) is 2. The average molecular weight is 265 g/mol. The summed E-state index contributed by atoms with van der Waals surface area (Å²) >= 11 is 0. The van der Waals surface area contributed by atoms with Crippen molar-refractivity contribution in [1.82, 2.24) is 5.32 Å². The Bertz CT molecular complexity index is 405. The molecule has 1 atom stereocenters. The normalized spacial score (nSPS) is 11.7. The van der Waals surface area contributed by atoms with Crippen LogP contribution in [0.3, 0.4) is 0 Å². The van der Waals surface area contributed by atoms with Gasteiger partial charge in [-0.25, -0.2) is 0 Å². The Balaban J connectivity index is 2.60. The van der Waals surface area contributed by atoms with E-state index < -0.39 is 0 Å². The Morgan fingerprint density at radius 2 is 1.74 bits per heavy atom. The molecule has 1 N–H and O–H groups in total. The van der Waals surface area contributed by atoms with E-state index in [4.69, 9.17) is 0 Å². The Kier molecular flexibility index (Phi) is 6.60. The summed E-state index contributed by atoms with van der Waals surface area (Å²) in [7, 11) is 2.71. The number of methoxy groups -OCH3 is 2. The minimum Gasteiger partial charge on any atom is -0.469 e. The first-order valence-electron chi connectivity index (χ1n) is 6.09. The van der Waals surface area contributed by atoms with Crippen LogP contribution in [0.25, 0.3) is 0 Å². The first-order valence-corrected chi connectivity index (χ1v) is 6.09. The van der Waals surface area contributed by atoms with Gasteiger partial charge in [-0.15, -0.1) is 0 Å². The summed E-state index contributed by atoms with van der Waals surface area (Å²) in [5.74, 6) is -0.572. The fraction of sp³-hybridized carbons (Fsp3) is 0.429. The van der Waals surface area contributed by atoms with E-state index >= 15 is 0 Å². The summed E-state index contributed by atoms with van der Waals surface area (Å²) in [4.78, 5) is 22.4. The first-order chi connectivity index (χ1) is 9.17. The minimum absolute atomic E-state index is 0.168. The molecule has 19 heavy (non-hydrogen) atoms. The number of benzene rings is 1. The van der Waals surface area contributed by atoms with Crippen LogP contribution in [-0.4, -0.2) is 32.7 Å². The fourth-order valence-electron chi connectivity index (χ4n) is 1.69. The Labute approximate surface area is 112 Å². The maximum absolute atomic E-state index is 11.4. The monoisotopic (exact) mass is 265 g/mol. The second-order valence-corrected chi connectivity index (χ2v) is 4.02. The zero-order valence-electron chi connectivity index (χ0n) is 11.2. The van der Waals surface area contributed by atoms with Gasteiger partial charge >= 0.3 is 11.9 Å². The molecule has 0 amide bonds. The van der Waals surface area contributed by atoms with E-state index in [0.717, 1.165) is 5.56 Å². The molecule has 1 rings (SSSR count). The molecule has 0 radical (unpaired) electrons. The van der Waals surface area contributed by atoms with Gasteiger partial charge in [0.25, 0.3) is 0 Å². The molecule has 0 bridgehead atoms. The predicted molar refractivity (Wildman–Crippen MR) is 70.5 cm³/mol. The second-order valence-electron chi connectivity index (χ2n) is 4.02. The van der Waals surface area contributed by atoms with Crippen molar-refractivity contribution in [2.45, 2.75) is 18.9 Å². The van der Waals surface area contributed by atoms with Gasteiger partial charge in [0.2, 0.25) is 0 Å². The number of rotatable bonds is 7. The van der Waals surface area contributed by atoms with Gasteiger partial charge in [0.1, 0.15) is 0 Å². The lowest BCUT2D eigenvalue weighted by atomic mass is 10.0. The van der Waals surface area contributed by atoms with Crippen molar-refractivity contribution < 1.29 is 19.1 Å². The SMILES string of the molecule is COC(=O)CCNC(CC(=O)OC)c1ccccc1. The van der Waals surface area contributed by atoms with E-state index in [0.29, 0.717) is 6.54 Å². The van der Waals surface area contributed by atoms with Crippen LogP contribution in [0.15, 0.2) is 30.3 Å². The van der Waals surface area contributed by atoms with Crippen molar-refractivity contribution in [2.24, 2.45) is 0 Å². The van der Waals surface area contributed by atoms with Crippen LogP contribution < -0.4 is 5.32 Å². The minimum atomic E-state index is -0.292. The van der Waals surface area contributed by atoms with Crippen LogP contribution >= 0.6 is 0 Å². The molecule has 5 heteroatoms. The van der Waals surface area contributed by atoms with Gasteiger partial charge in [-0.05, 0) is 5.56 Å². The Morgan fingerprint density at radius 1 is 1.11 bits per heavy atom. The van der Waals surface area contributed by atoms with Gasteiger partial charge in [-0.2, -0.15) is 0 Å². The van der Waals surface area contributed by atoms with E-state index in [-0.39, 0.29) is 30.8 Å². The van der Waals surface area contributed by atoms with E-state index in [1.807, 2.05) is 30.3 Å². The maximum atomic E-state index is 11.4. The van der Waals surface area contributed by atoms with Crippen molar-refractivity contribution in [3.8, 4) is 0 Å². The van der Waals surface area contributed by atoms with Crippen LogP contribution in [0.1, 0.15) is 24.4 Å². The molecule has 0 aromatic heterocycles. The van der Waals surface area contributed by atoms with Crippen LogP contribution in [0.4, 0.5) is 0 Å². The first kappa shape index (κ1) is 15.2. The maximum Gasteiger partial charge on any atom is 0.307 e. The van der Waals surface area contributed by atoms with Crippen molar-refractivity contribution in [1.29, 1.82) is 0 Å². The standard InChI is InChI=1S/C14H19NO4/c1-18-13(16)8-9-15-12(10-14(17)19-2)11-6-4-3-5-7-11/h3-7,12,15H,8-10H2,1-2H3. The molecule has 0 fully saturated rings. The van der Waals surface area contributed by atoms with Crippen molar-refractivity contribution >= 4 is 11.9 Å². The second kappa shape index (κ2) is 8.26. The molecule has 0 spiro atoms. The molecule has 1 aromatic carbocycles. The van der Waals surface area contributed by atoms with Crippen LogP contribution in [0.2, 0.25) is 0 Å². The molecule has 0 aliphatic carbocycles. The van der Waals surface area contributed by atoms with Crippen molar-refractivity contribution in [3.63, 3.8) is 0 Å². The quantitative estimate of drug-likeness (QED) is 0.756. The number of hydrogen-bond acceptors (Lipinski definition) is 5. The molecule has 0 saturated carbocycles. The smallest absolute Gasteiger partial charge is 0.307 e. The predicted octanol–water partition coefficient (Wildman–Crippen LogP) is 1.44. The lowest BCUT2D eigenvalue weighted by Crippen LogP contribution is -2.27. The fourth-order valence-corrected chi connectivity index (χ4v) is 1.69. The molecular weight excluding hydrogens is 246 g/mol. The van der Waals surface area contributed by atoms with Gasteiger partial charge in [0.05, 0.1) is 27.1 Å². The van der Waals surface area contributed by atoms with E-state index in [9.17, 15) is 9.59 Å². The Hall–Kier alpha value is -1.88. The largest absolute Gasteiger partial charge is 0.469 e. The summed E-state index contributed by atoms with van der Waals surface area (Å²) in [6.45, 7) is 0.448. The highest BCUT2D eigenvalue weighted by molar-refractivity contribution is 5.70. The number of hydrogen-bond donors (Lipinski definition) is 1. The zero-order chi connectivity index (χ0) is 14.1. The van der Waals surface area contributed by atoms with Gasteiger partial charge in [-0.3, -0.25) is 9.59 Å². The van der Waals surface area contributed by atoms with Gasteiger partial charge < -0.3 is 14.8 Å². The molecule has 1 unspecified atom stereocenters. The summed E-state index contributed by atoms with van der Waals surface area (Å²) in [6, 6.07) is 9.41. The van der Waals surface area contributed by atoms with E-state index in [1.165, 1.54) is 14.2 Å². The number of nitrogens with one attached hydrogen (secondary N) is 1. The highest BCUT2D eigenvalue weighted by atomic mass is 16.5. The summed E-state index contributed by atoms with van der Waals surface area (Å²) in [5.41, 5.74) is 0.984. The number of carbonyl (C=O) groups excluding carboxylic acids is 2. The molecular formula is C14H19NO4. The van der Waals surface area contributed by atoms with E-state index in [1.54, 1.807) is 0 Å². The number of carbonyl (C=O) groups is 2. The molecule has 1 aromatic rings. The third kappa shape index (κ3) is 5.52. The van der Waals surface area contributed by atoms with Crippen molar-refractivity contribution in [2.75, 3.05) is 20.8 Å². The highest BCUT2D eigenvalue weighted by Gasteiger charge is 2.16. The summed E-state index contributed by atoms with van der Waals surface area (Å²) in [5, 5.41) is 3.16. The Morgan fingerprint density at radius 3 is 2.32 bits per heavy atom. The zero-order valence-corrected chi connectivity index (χ0v) is 11.2. The molecule has 0 aliphatic rings. The van der Waals surface area contributed by atoms with Gasteiger partial charge in [0, 0.05) is 12.6 Å². The summed E-state index contributed by atoms with van der Waals surface area (Å²) in [6.07, 6.45) is 0.489. The number of esters is 2. The lowest BCUT2D eigenvalue weighted by Gasteiger charge is -2.17. The van der Waals surface area contributed by atoms with Crippen molar-refractivity contribution in [3.05, 3.63) is 35.9 Å². The topological polar surface area (TPSA) is 64.6 Å².